The van der Waals surface area contributed by atoms with Crippen molar-refractivity contribution in [3.05, 3.63) is 12.3 Å². The lowest BCUT2D eigenvalue weighted by Crippen LogP contribution is -1.75. The third-order valence-corrected chi connectivity index (χ3v) is 0.401. The standard InChI is InChI=1S/C5H8O/c1-5(2)3-4-6/h4-5H,1-2H3. The molecular weight excluding hydrogens is 76.1 g/mol. The van der Waals surface area contributed by atoms with E-state index < -0.39 is 0 Å². The molecule has 0 fully saturated rings. The van der Waals surface area contributed by atoms with E-state index in [1.165, 1.54) is 0 Å². The molecule has 0 saturated carbocycles. The van der Waals surface area contributed by atoms with Gasteiger partial charge in [-0.15, -0.1) is 0 Å². The van der Waals surface area contributed by atoms with Crippen molar-refractivity contribution in [2.75, 3.05) is 0 Å². The fourth-order valence-corrected chi connectivity index (χ4v) is 0.136. The van der Waals surface area contributed by atoms with E-state index in [1.54, 1.807) is 0 Å². The number of hydrogen-bond acceptors (Lipinski definition) is 0. The molecule has 0 aromatic heterocycles. The summed E-state index contributed by atoms with van der Waals surface area (Å²) in [6, 6.07) is 0. The second kappa shape index (κ2) is 2.76. The van der Waals surface area contributed by atoms with E-state index in [1.807, 2.05) is 13.8 Å². The van der Waals surface area contributed by atoms with Crippen LogP contribution in [0.25, 0.3) is 0 Å². The van der Waals surface area contributed by atoms with Crippen molar-refractivity contribution in [3.8, 4) is 0 Å². The molecule has 1 nitrogen and oxygen atoms in total. The third kappa shape index (κ3) is 3.54. The molecule has 0 unspecified atom stereocenters. The van der Waals surface area contributed by atoms with E-state index >= 15 is 0 Å². The van der Waals surface area contributed by atoms with Crippen molar-refractivity contribution in [1.29, 1.82) is 0 Å². The van der Waals surface area contributed by atoms with Gasteiger partial charge in [-0.05, 0) is 5.92 Å². The van der Waals surface area contributed by atoms with E-state index in [0.717, 1.165) is 0 Å². The summed E-state index contributed by atoms with van der Waals surface area (Å²) in [4.78, 5) is 0. The predicted octanol–water partition coefficient (Wildman–Crippen LogP) is 1.39. The first-order chi connectivity index (χ1) is 2.77. The summed E-state index contributed by atoms with van der Waals surface area (Å²) in [5.74, 6) is 0.280. The summed E-state index contributed by atoms with van der Waals surface area (Å²) in [6.07, 6.45) is 3.23. The molecule has 34 valence electrons. The highest BCUT2D eigenvalue weighted by Crippen LogP contribution is 1.88. The van der Waals surface area contributed by atoms with Crippen LogP contribution in [0.3, 0.4) is 0 Å². The Morgan fingerprint density at radius 1 is 1.67 bits per heavy atom. The van der Waals surface area contributed by atoms with Crippen LogP contribution < -0.4 is 0 Å². The summed E-state index contributed by atoms with van der Waals surface area (Å²) in [6.45, 7) is 3.82. The fourth-order valence-electron chi connectivity index (χ4n) is 0.136. The molecule has 0 heterocycles. The highest BCUT2D eigenvalue weighted by atomic mass is 16.2. The second-order valence-electron chi connectivity index (χ2n) is 1.44. The van der Waals surface area contributed by atoms with Crippen LogP contribution >= 0.6 is 0 Å². The smallest absolute Gasteiger partial charge is 0.146 e. The molecule has 0 atom stereocenters. The molecule has 0 aromatic rings. The van der Waals surface area contributed by atoms with E-state index in [-0.39, 0.29) is 5.92 Å². The van der Waals surface area contributed by atoms with Gasteiger partial charge in [0.25, 0.3) is 0 Å². The van der Waals surface area contributed by atoms with Gasteiger partial charge in [0, 0.05) is 6.08 Å². The fraction of sp³-hybridized carbons (Fsp3) is 0.600. The molecular formula is C5H8O. The third-order valence-electron chi connectivity index (χ3n) is 0.401. The quantitative estimate of drug-likeness (QED) is 0.428. The number of allylic oxidation sites excluding steroid dienone is 1. The van der Waals surface area contributed by atoms with Crippen molar-refractivity contribution in [2.24, 2.45) is 5.92 Å². The monoisotopic (exact) mass is 84.1 g/mol. The number of hydrogen-bond donors (Lipinski definition) is 0. The first-order valence-corrected chi connectivity index (χ1v) is 1.97. The molecule has 0 N–H and O–H groups in total. The van der Waals surface area contributed by atoms with E-state index in [9.17, 15) is 5.11 Å². The number of rotatable bonds is 1. The van der Waals surface area contributed by atoms with Crippen molar-refractivity contribution < 1.29 is 5.11 Å². The van der Waals surface area contributed by atoms with Gasteiger partial charge in [0.05, 0.1) is 0 Å². The molecule has 6 heavy (non-hydrogen) atoms. The van der Waals surface area contributed by atoms with Gasteiger partial charge in [-0.2, -0.15) is 0 Å². The maximum Gasteiger partial charge on any atom is 0.146 e. The lowest BCUT2D eigenvalue weighted by atomic mass is 10.2. The normalized spacial score (nSPS) is 11.2. The SMILES string of the molecule is CC(C)/[C]=C/[O]. The van der Waals surface area contributed by atoms with E-state index in [4.69, 9.17) is 0 Å². The Balaban J connectivity index is 3.03. The van der Waals surface area contributed by atoms with Crippen LogP contribution in [0.2, 0.25) is 0 Å². The molecule has 2 radical (unpaired) electrons. The molecule has 1 heteroatoms. The van der Waals surface area contributed by atoms with Gasteiger partial charge in [0.2, 0.25) is 0 Å². The molecule has 0 aliphatic rings. The Morgan fingerprint density at radius 3 is 2.17 bits per heavy atom. The van der Waals surface area contributed by atoms with Crippen LogP contribution in [0, 0.1) is 12.0 Å². The largest absolute Gasteiger partial charge is 0.298 e. The van der Waals surface area contributed by atoms with Crippen molar-refractivity contribution in [2.45, 2.75) is 13.8 Å². The first kappa shape index (κ1) is 5.54. The van der Waals surface area contributed by atoms with Crippen LogP contribution in [0.1, 0.15) is 13.8 Å². The maximum absolute atomic E-state index is 9.50. The Kier molecular flexibility index (Phi) is 2.55. The second-order valence-corrected chi connectivity index (χ2v) is 1.44. The zero-order valence-electron chi connectivity index (χ0n) is 4.06. The van der Waals surface area contributed by atoms with Gasteiger partial charge in [0.15, 0.2) is 0 Å². The molecule has 0 aliphatic carbocycles. The van der Waals surface area contributed by atoms with Crippen LogP contribution in [-0.2, 0) is 5.11 Å². The minimum Gasteiger partial charge on any atom is -0.298 e. The van der Waals surface area contributed by atoms with Crippen LogP contribution in [0.15, 0.2) is 6.26 Å². The molecule has 0 saturated heterocycles. The van der Waals surface area contributed by atoms with Gasteiger partial charge < -0.3 is 0 Å². The van der Waals surface area contributed by atoms with Crippen molar-refractivity contribution >= 4 is 0 Å². The Morgan fingerprint density at radius 2 is 2.17 bits per heavy atom. The van der Waals surface area contributed by atoms with Gasteiger partial charge in [-0.3, -0.25) is 5.11 Å². The molecule has 0 rings (SSSR count). The Hall–Kier alpha value is -0.460. The van der Waals surface area contributed by atoms with Gasteiger partial charge in [-0.1, -0.05) is 13.8 Å². The molecule has 0 amide bonds. The zero-order valence-corrected chi connectivity index (χ0v) is 4.06. The summed E-state index contributed by atoms with van der Waals surface area (Å²) in [5.41, 5.74) is 0. The van der Waals surface area contributed by atoms with Crippen LogP contribution in [0.4, 0.5) is 0 Å². The molecule has 0 aliphatic heterocycles. The Labute approximate surface area is 38.3 Å². The van der Waals surface area contributed by atoms with Crippen LogP contribution in [0.5, 0.6) is 0 Å². The summed E-state index contributed by atoms with van der Waals surface area (Å²) < 4.78 is 0. The summed E-state index contributed by atoms with van der Waals surface area (Å²) in [7, 11) is 0. The lowest BCUT2D eigenvalue weighted by molar-refractivity contribution is 0.345. The lowest BCUT2D eigenvalue weighted by Gasteiger charge is -1.83. The minimum absolute atomic E-state index is 0.280. The molecule has 0 spiro atoms. The van der Waals surface area contributed by atoms with E-state index in [0.29, 0.717) is 6.26 Å². The summed E-state index contributed by atoms with van der Waals surface area (Å²) >= 11 is 0. The Bertz CT molecular complexity index is 45.9. The highest BCUT2D eigenvalue weighted by molar-refractivity contribution is 4.63. The topological polar surface area (TPSA) is 19.9 Å². The minimum atomic E-state index is 0.280. The van der Waals surface area contributed by atoms with Crippen LogP contribution in [-0.4, -0.2) is 0 Å². The molecule has 0 bridgehead atoms. The van der Waals surface area contributed by atoms with Crippen molar-refractivity contribution in [3.63, 3.8) is 0 Å². The van der Waals surface area contributed by atoms with Gasteiger partial charge >= 0.3 is 0 Å². The van der Waals surface area contributed by atoms with E-state index in [2.05, 4.69) is 6.08 Å². The average Bonchev–Trinajstić information content (AvgIpc) is 1.35. The van der Waals surface area contributed by atoms with Gasteiger partial charge in [-0.25, -0.2) is 0 Å². The maximum atomic E-state index is 9.50. The summed E-state index contributed by atoms with van der Waals surface area (Å²) in [5, 5.41) is 9.50. The molecule has 0 aromatic carbocycles. The first-order valence-electron chi connectivity index (χ1n) is 1.97. The predicted molar refractivity (Wildman–Crippen MR) is 23.3 cm³/mol. The van der Waals surface area contributed by atoms with Crippen molar-refractivity contribution in [1.82, 2.24) is 0 Å². The highest BCUT2D eigenvalue weighted by Gasteiger charge is 1.80. The average molecular weight is 84.1 g/mol. The van der Waals surface area contributed by atoms with Gasteiger partial charge in [0.1, 0.15) is 6.26 Å². The zero-order chi connectivity index (χ0) is 4.99.